The van der Waals surface area contributed by atoms with Gasteiger partial charge in [0.1, 0.15) is 18.2 Å². The molecule has 1 aliphatic carbocycles. The third kappa shape index (κ3) is 64.9. The van der Waals surface area contributed by atoms with Crippen molar-refractivity contribution in [1.29, 1.82) is 0 Å². The number of methoxy groups -OCH3 is 1. The van der Waals surface area contributed by atoms with E-state index in [0.717, 1.165) is 77.1 Å². The Kier molecular flexibility index (Phi) is 78.3. The standard InChI is InChI=1S/C18H31NO4.C14H28O2.C13H23NO4.C11H22O2.C9H20O.C4H10.C2H6/c1-2-3-4-5-6-7-13-23-18(22)15-19(11-12-20)14-17(21)16-9-8-10-16;1-4-6-7-8-9-10-11-16-14(15)12-13(3)5-2;1-4-7-17-13(16)14-9-11(8-10(14)5-2)18-12(15)6-3;1-3-5-6-7-8-9-10-13-11(12)4-2;1-3-4-5-6-7-8-9-10-2;1-3-4-2;1-2/h12,16H,2-11,13-15H2,1H3;13H,4-12H2,1-3H3;10-11H,4-9H2,1-3H3;3-10H2,1-2H3;3-9H2,1-2H3;3-4H2,1-2H3;1-2H3/t;;10-,11?;;;;/m..1..../s1. The number of Topliss-reactive ketones (excluding diaryl/α,β-unsaturated/α-hetero) is 1. The molecule has 15 heteroatoms. The fourth-order valence-corrected chi connectivity index (χ4v) is 8.53. The minimum Gasteiger partial charge on any atom is -0.466 e. The first kappa shape index (κ1) is 91.1. The number of amides is 1. The number of hydrogen-bond acceptors (Lipinski definition) is 14. The van der Waals surface area contributed by atoms with E-state index in [0.29, 0.717) is 64.6 Å². The van der Waals surface area contributed by atoms with E-state index in [1.165, 1.54) is 141 Å². The molecule has 0 aromatic heterocycles. The molecule has 2 fully saturated rings. The largest absolute Gasteiger partial charge is 0.466 e. The fraction of sp³-hybridized carbons (Fsp3) is 0.901. The van der Waals surface area contributed by atoms with Gasteiger partial charge in [0, 0.05) is 51.4 Å². The number of ketones is 1. The number of carbonyl (C=O) groups is 7. The van der Waals surface area contributed by atoms with Crippen molar-refractivity contribution in [3.8, 4) is 0 Å². The van der Waals surface area contributed by atoms with Gasteiger partial charge >= 0.3 is 30.0 Å². The van der Waals surface area contributed by atoms with Crippen molar-refractivity contribution in [1.82, 2.24) is 9.80 Å². The first-order valence-electron chi connectivity index (χ1n) is 35.4. The number of rotatable bonds is 45. The summed E-state index contributed by atoms with van der Waals surface area (Å²) in [4.78, 5) is 82.9. The van der Waals surface area contributed by atoms with Crippen LogP contribution >= 0.6 is 0 Å². The van der Waals surface area contributed by atoms with Gasteiger partial charge in [0.15, 0.2) is 0 Å². The Morgan fingerprint density at radius 2 is 0.930 bits per heavy atom. The van der Waals surface area contributed by atoms with E-state index in [-0.39, 0.29) is 73.5 Å². The third-order valence-electron chi connectivity index (χ3n) is 14.7. The molecule has 86 heavy (non-hydrogen) atoms. The molecule has 1 saturated heterocycles. The second kappa shape index (κ2) is 73.9. The van der Waals surface area contributed by atoms with Gasteiger partial charge in [-0.2, -0.15) is 0 Å². The summed E-state index contributed by atoms with van der Waals surface area (Å²) in [5.41, 5.74) is 0. The van der Waals surface area contributed by atoms with Gasteiger partial charge in [-0.05, 0) is 57.3 Å². The quantitative estimate of drug-likeness (QED) is 0.0243. The predicted molar refractivity (Wildman–Crippen MR) is 357 cm³/mol. The highest BCUT2D eigenvalue weighted by atomic mass is 16.6. The summed E-state index contributed by atoms with van der Waals surface area (Å²) in [7, 11) is 1.77. The molecule has 0 aromatic rings. The summed E-state index contributed by atoms with van der Waals surface area (Å²) in [5.74, 6) is 0.0686. The van der Waals surface area contributed by atoms with Crippen LogP contribution in [-0.4, -0.2) is 130 Å². The van der Waals surface area contributed by atoms with Gasteiger partial charge in [0.05, 0.1) is 52.6 Å². The van der Waals surface area contributed by atoms with Crippen LogP contribution in [0.3, 0.4) is 0 Å². The summed E-state index contributed by atoms with van der Waals surface area (Å²) in [6.07, 6.45) is 40.5. The van der Waals surface area contributed by atoms with E-state index < -0.39 is 0 Å². The van der Waals surface area contributed by atoms with Crippen molar-refractivity contribution in [2.45, 2.75) is 340 Å². The molecule has 1 amide bonds. The summed E-state index contributed by atoms with van der Waals surface area (Å²) >= 11 is 0. The summed E-state index contributed by atoms with van der Waals surface area (Å²) < 4.78 is 30.7. The van der Waals surface area contributed by atoms with Gasteiger partial charge in [0.2, 0.25) is 0 Å². The van der Waals surface area contributed by atoms with Gasteiger partial charge in [-0.1, -0.05) is 251 Å². The average Bonchev–Trinajstić information content (AvgIpc) is 4.15. The molecule has 0 aromatic carbocycles. The average molecular weight is 1230 g/mol. The van der Waals surface area contributed by atoms with Crippen LogP contribution in [-0.2, 0) is 57.2 Å². The molecule has 0 bridgehead atoms. The summed E-state index contributed by atoms with van der Waals surface area (Å²) in [6, 6.07) is 0.115. The number of aldehydes is 1. The van der Waals surface area contributed by atoms with Gasteiger partial charge in [-0.3, -0.25) is 28.9 Å². The molecule has 2 aliphatic rings. The Morgan fingerprint density at radius 1 is 0.500 bits per heavy atom. The Balaban J connectivity index is -0.000000317. The minimum absolute atomic E-state index is 0.0209. The molecule has 1 aliphatic heterocycles. The van der Waals surface area contributed by atoms with E-state index in [1.807, 2.05) is 34.6 Å². The Morgan fingerprint density at radius 3 is 1.30 bits per heavy atom. The monoisotopic (exact) mass is 1230 g/mol. The van der Waals surface area contributed by atoms with Crippen LogP contribution in [0.4, 0.5) is 4.79 Å². The Bertz CT molecular complexity index is 1480. The van der Waals surface area contributed by atoms with E-state index >= 15 is 0 Å². The highest BCUT2D eigenvalue weighted by molar-refractivity contribution is 5.84. The van der Waals surface area contributed by atoms with Gasteiger partial charge in [0.25, 0.3) is 0 Å². The van der Waals surface area contributed by atoms with Crippen molar-refractivity contribution < 1.29 is 62.0 Å². The molecule has 0 N–H and O–H groups in total. The number of hydrogen-bond donors (Lipinski definition) is 0. The van der Waals surface area contributed by atoms with Crippen molar-refractivity contribution >= 4 is 42.0 Å². The van der Waals surface area contributed by atoms with Crippen LogP contribution in [0.25, 0.3) is 0 Å². The molecule has 512 valence electrons. The van der Waals surface area contributed by atoms with Crippen molar-refractivity contribution in [3.05, 3.63) is 0 Å². The van der Waals surface area contributed by atoms with Crippen LogP contribution in [0.5, 0.6) is 0 Å². The third-order valence-corrected chi connectivity index (χ3v) is 14.7. The number of unbranched alkanes of at least 4 members (excludes halogenated alkanes) is 21. The van der Waals surface area contributed by atoms with Crippen molar-refractivity contribution in [2.75, 3.05) is 66.3 Å². The highest BCUT2D eigenvalue weighted by Crippen LogP contribution is 2.27. The minimum atomic E-state index is -0.346. The number of nitrogens with zero attached hydrogens (tertiary/aromatic N) is 2. The number of carbonyl (C=O) groups excluding carboxylic acids is 7. The number of esters is 4. The second-order valence-corrected chi connectivity index (χ2v) is 22.8. The zero-order valence-electron chi connectivity index (χ0n) is 58.9. The smallest absolute Gasteiger partial charge is 0.410 e. The van der Waals surface area contributed by atoms with Crippen LogP contribution in [0, 0.1) is 11.8 Å². The summed E-state index contributed by atoms with van der Waals surface area (Å²) in [6.45, 7) is 32.8. The maximum atomic E-state index is 12.0. The van der Waals surface area contributed by atoms with Crippen LogP contribution in [0.2, 0.25) is 0 Å². The maximum absolute atomic E-state index is 12.0. The molecule has 0 spiro atoms. The molecular formula is C71H140N2O13. The van der Waals surface area contributed by atoms with Crippen LogP contribution in [0.1, 0.15) is 328 Å². The lowest BCUT2D eigenvalue weighted by Gasteiger charge is -2.26. The van der Waals surface area contributed by atoms with E-state index in [2.05, 4.69) is 55.4 Å². The molecule has 15 nitrogen and oxygen atoms in total. The van der Waals surface area contributed by atoms with Crippen LogP contribution < -0.4 is 0 Å². The first-order chi connectivity index (χ1) is 41.6. The summed E-state index contributed by atoms with van der Waals surface area (Å²) in [5, 5.41) is 0. The molecule has 2 unspecified atom stereocenters. The lowest BCUT2D eigenvalue weighted by molar-refractivity contribution is -0.148. The molecule has 1 saturated carbocycles. The Labute approximate surface area is 530 Å². The normalized spacial score (nSPS) is 14.1. The van der Waals surface area contributed by atoms with Gasteiger partial charge in [-0.15, -0.1) is 0 Å². The van der Waals surface area contributed by atoms with E-state index in [4.69, 9.17) is 28.4 Å². The SMILES string of the molecule is CC.CCCC.CCCCCCCCOC.CCCCCCCCOC(=O)CC.CCCCCCCCOC(=O)CC(C)CC.CCCCCCCCOC(=O)CN(CC=O)CC(=O)C1CCC1.CCCOC(=O)N1CC(OC(=O)CC)C[C@H]1CC. The zero-order valence-corrected chi connectivity index (χ0v) is 58.9. The first-order valence-corrected chi connectivity index (χ1v) is 35.4. The zero-order chi connectivity index (χ0) is 65.7. The lowest BCUT2D eigenvalue weighted by atomic mass is 9.82. The lowest BCUT2D eigenvalue weighted by Crippen LogP contribution is -2.39. The molecule has 0 radical (unpaired) electrons. The molecule has 1 heterocycles. The topological polar surface area (TPSA) is 181 Å². The second-order valence-electron chi connectivity index (χ2n) is 22.8. The number of ether oxygens (including phenoxy) is 6. The van der Waals surface area contributed by atoms with Crippen molar-refractivity contribution in [3.63, 3.8) is 0 Å². The van der Waals surface area contributed by atoms with Crippen molar-refractivity contribution in [2.24, 2.45) is 11.8 Å². The number of likely N-dealkylation sites (tertiary alicyclic amines) is 1. The Hall–Kier alpha value is -3.59. The highest BCUT2D eigenvalue weighted by Gasteiger charge is 2.37. The van der Waals surface area contributed by atoms with Gasteiger partial charge < -0.3 is 38.1 Å². The molecule has 2 rings (SSSR count). The molecule has 3 atom stereocenters. The predicted octanol–water partition coefficient (Wildman–Crippen LogP) is 18.6. The van der Waals surface area contributed by atoms with Gasteiger partial charge in [-0.25, -0.2) is 4.79 Å². The van der Waals surface area contributed by atoms with E-state index in [9.17, 15) is 33.6 Å². The fourth-order valence-electron chi connectivity index (χ4n) is 8.53. The maximum Gasteiger partial charge on any atom is 0.410 e. The van der Waals surface area contributed by atoms with E-state index in [1.54, 1.807) is 23.8 Å². The molecular weight excluding hydrogens is 1090 g/mol. The van der Waals surface area contributed by atoms with Crippen LogP contribution in [0.15, 0.2) is 0 Å².